The lowest BCUT2D eigenvalue weighted by Gasteiger charge is -2.10. The largest absolute Gasteiger partial charge is 0.478 e. The second-order valence-corrected chi connectivity index (χ2v) is 5.64. The van der Waals surface area contributed by atoms with Crippen LogP contribution in [0.15, 0.2) is 36.4 Å². The third-order valence-electron chi connectivity index (χ3n) is 2.43. The van der Waals surface area contributed by atoms with E-state index < -0.39 is 16.0 Å². The molecule has 18 heavy (non-hydrogen) atoms. The first kappa shape index (κ1) is 12.4. The molecule has 0 radical (unpaired) electrons. The Morgan fingerprint density at radius 2 is 1.78 bits per heavy atom. The predicted molar refractivity (Wildman–Crippen MR) is 69.4 cm³/mol. The minimum Gasteiger partial charge on any atom is -0.478 e. The lowest BCUT2D eigenvalue weighted by Crippen LogP contribution is -2.11. The van der Waals surface area contributed by atoms with E-state index in [0.29, 0.717) is 10.8 Å². The van der Waals surface area contributed by atoms with E-state index in [0.717, 1.165) is 6.26 Å². The van der Waals surface area contributed by atoms with E-state index in [2.05, 4.69) is 4.72 Å². The molecule has 0 fully saturated rings. The molecule has 0 heterocycles. The molecule has 2 N–H and O–H groups in total. The van der Waals surface area contributed by atoms with E-state index in [1.165, 1.54) is 12.1 Å². The highest BCUT2D eigenvalue weighted by molar-refractivity contribution is 7.92. The number of nitrogens with one attached hydrogen (secondary N) is 1. The van der Waals surface area contributed by atoms with E-state index in [9.17, 15) is 13.2 Å². The first-order valence-corrected chi connectivity index (χ1v) is 7.00. The quantitative estimate of drug-likeness (QED) is 0.888. The molecule has 0 unspecified atom stereocenters. The van der Waals surface area contributed by atoms with Crippen LogP contribution < -0.4 is 4.72 Å². The molecular formula is C12H11NO4S. The van der Waals surface area contributed by atoms with Crippen molar-refractivity contribution in [2.24, 2.45) is 0 Å². The van der Waals surface area contributed by atoms with Gasteiger partial charge in [-0.25, -0.2) is 13.2 Å². The number of fused-ring (bicyclic) bond motifs is 1. The van der Waals surface area contributed by atoms with Gasteiger partial charge in [-0.2, -0.15) is 0 Å². The van der Waals surface area contributed by atoms with Crippen LogP contribution in [-0.4, -0.2) is 25.7 Å². The second-order valence-electron chi connectivity index (χ2n) is 3.89. The number of rotatable bonds is 3. The molecule has 0 aromatic heterocycles. The molecule has 0 aliphatic carbocycles. The van der Waals surface area contributed by atoms with Crippen LogP contribution in [0.25, 0.3) is 10.8 Å². The number of carbonyl (C=O) groups is 1. The van der Waals surface area contributed by atoms with Gasteiger partial charge in [-0.1, -0.05) is 24.3 Å². The number of anilines is 1. The number of sulfonamides is 1. The molecule has 5 nitrogen and oxygen atoms in total. The van der Waals surface area contributed by atoms with Gasteiger partial charge in [-0.15, -0.1) is 0 Å². The zero-order valence-corrected chi connectivity index (χ0v) is 10.4. The van der Waals surface area contributed by atoms with Crippen molar-refractivity contribution in [3.8, 4) is 0 Å². The Kier molecular flexibility index (Phi) is 2.96. The molecule has 2 rings (SSSR count). The summed E-state index contributed by atoms with van der Waals surface area (Å²) in [5.41, 5.74) is 0.340. The van der Waals surface area contributed by atoms with Crippen molar-refractivity contribution >= 4 is 32.5 Å². The van der Waals surface area contributed by atoms with Crippen LogP contribution in [-0.2, 0) is 10.0 Å². The van der Waals surface area contributed by atoms with Crippen molar-refractivity contribution in [2.75, 3.05) is 11.0 Å². The number of carboxylic acid groups (broad SMARTS) is 1. The zero-order valence-electron chi connectivity index (χ0n) is 9.54. The summed E-state index contributed by atoms with van der Waals surface area (Å²) in [5.74, 6) is -1.09. The fourth-order valence-corrected chi connectivity index (χ4v) is 2.37. The standard InChI is InChI=1S/C12H11NO4S/c1-18(16,17)13-10-7-3-5-8-4-2-6-9(11(8)10)12(14)15/h2-7,13H,1H3,(H,14,15). The van der Waals surface area contributed by atoms with Crippen LogP contribution in [0.5, 0.6) is 0 Å². The number of aromatic carboxylic acids is 1. The first-order chi connectivity index (χ1) is 8.38. The van der Waals surface area contributed by atoms with E-state index >= 15 is 0 Å². The minimum atomic E-state index is -3.45. The van der Waals surface area contributed by atoms with Crippen molar-refractivity contribution in [2.45, 2.75) is 0 Å². The van der Waals surface area contributed by atoms with Gasteiger partial charge in [0.15, 0.2) is 0 Å². The van der Waals surface area contributed by atoms with Gasteiger partial charge in [0.25, 0.3) is 0 Å². The molecule has 0 aliphatic rings. The number of hydrogen-bond donors (Lipinski definition) is 2. The van der Waals surface area contributed by atoms with Crippen molar-refractivity contribution in [3.05, 3.63) is 42.0 Å². The van der Waals surface area contributed by atoms with Gasteiger partial charge in [0.05, 0.1) is 17.5 Å². The average molecular weight is 265 g/mol. The Morgan fingerprint density at radius 3 is 2.33 bits per heavy atom. The molecule has 0 aliphatic heterocycles. The third-order valence-corrected chi connectivity index (χ3v) is 3.02. The van der Waals surface area contributed by atoms with Crippen LogP contribution in [0, 0.1) is 0 Å². The summed E-state index contributed by atoms with van der Waals surface area (Å²) >= 11 is 0. The molecular weight excluding hydrogens is 254 g/mol. The van der Waals surface area contributed by atoms with Gasteiger partial charge in [0, 0.05) is 5.39 Å². The van der Waals surface area contributed by atoms with Crippen molar-refractivity contribution < 1.29 is 18.3 Å². The van der Waals surface area contributed by atoms with Crippen LogP contribution in [0.1, 0.15) is 10.4 Å². The maximum Gasteiger partial charge on any atom is 0.336 e. The summed E-state index contributed by atoms with van der Waals surface area (Å²) in [7, 11) is -3.45. The zero-order chi connectivity index (χ0) is 13.3. The molecule has 0 atom stereocenters. The fourth-order valence-electron chi connectivity index (χ4n) is 1.80. The molecule has 6 heteroatoms. The number of benzene rings is 2. The van der Waals surface area contributed by atoms with Crippen molar-refractivity contribution in [1.29, 1.82) is 0 Å². The maximum atomic E-state index is 11.3. The summed E-state index contributed by atoms with van der Waals surface area (Å²) in [6, 6.07) is 9.73. The fraction of sp³-hybridized carbons (Fsp3) is 0.0833. The number of carboxylic acids is 1. The molecule has 2 aromatic rings. The summed E-state index contributed by atoms with van der Waals surface area (Å²) in [6.45, 7) is 0. The topological polar surface area (TPSA) is 83.5 Å². The molecule has 0 bridgehead atoms. The lowest BCUT2D eigenvalue weighted by molar-refractivity contribution is 0.0699. The molecule has 0 saturated carbocycles. The van der Waals surface area contributed by atoms with Crippen LogP contribution >= 0.6 is 0 Å². The van der Waals surface area contributed by atoms with Crippen LogP contribution in [0.3, 0.4) is 0 Å². The number of hydrogen-bond acceptors (Lipinski definition) is 3. The second kappa shape index (κ2) is 4.30. The van der Waals surface area contributed by atoms with Gasteiger partial charge in [0.1, 0.15) is 0 Å². The van der Waals surface area contributed by atoms with Gasteiger partial charge in [-0.3, -0.25) is 4.72 Å². The summed E-state index contributed by atoms with van der Waals surface area (Å²) in [4.78, 5) is 11.2. The predicted octanol–water partition coefficient (Wildman–Crippen LogP) is 1.91. The Hall–Kier alpha value is -2.08. The normalized spacial score (nSPS) is 11.4. The van der Waals surface area contributed by atoms with Gasteiger partial charge < -0.3 is 5.11 Å². The van der Waals surface area contributed by atoms with Crippen molar-refractivity contribution in [3.63, 3.8) is 0 Å². The van der Waals surface area contributed by atoms with E-state index in [-0.39, 0.29) is 11.3 Å². The smallest absolute Gasteiger partial charge is 0.336 e. The highest BCUT2D eigenvalue weighted by Crippen LogP contribution is 2.27. The Balaban J connectivity index is 2.78. The maximum absolute atomic E-state index is 11.3. The lowest BCUT2D eigenvalue weighted by atomic mass is 10.0. The van der Waals surface area contributed by atoms with Crippen LogP contribution in [0.2, 0.25) is 0 Å². The third kappa shape index (κ3) is 2.43. The van der Waals surface area contributed by atoms with E-state index in [1.807, 2.05) is 0 Å². The molecule has 0 amide bonds. The van der Waals surface area contributed by atoms with Crippen LogP contribution in [0.4, 0.5) is 5.69 Å². The molecule has 94 valence electrons. The highest BCUT2D eigenvalue weighted by Gasteiger charge is 2.13. The SMILES string of the molecule is CS(=O)(=O)Nc1cccc2cccc(C(=O)O)c12. The van der Waals surface area contributed by atoms with Gasteiger partial charge in [-0.05, 0) is 17.5 Å². The molecule has 2 aromatic carbocycles. The summed E-state index contributed by atoms with van der Waals surface area (Å²) in [6.07, 6.45) is 1.02. The first-order valence-electron chi connectivity index (χ1n) is 5.11. The van der Waals surface area contributed by atoms with Gasteiger partial charge >= 0.3 is 5.97 Å². The van der Waals surface area contributed by atoms with Gasteiger partial charge in [0.2, 0.25) is 10.0 Å². The Bertz CT molecular complexity index is 717. The Morgan fingerprint density at radius 1 is 1.17 bits per heavy atom. The minimum absolute atomic E-state index is 0.0688. The summed E-state index contributed by atoms with van der Waals surface area (Å²) < 4.78 is 24.9. The average Bonchev–Trinajstić information content (AvgIpc) is 2.26. The molecule has 0 spiro atoms. The highest BCUT2D eigenvalue weighted by atomic mass is 32.2. The monoisotopic (exact) mass is 265 g/mol. The Labute approximate surface area is 104 Å². The summed E-state index contributed by atoms with van der Waals surface area (Å²) in [5, 5.41) is 10.2. The van der Waals surface area contributed by atoms with E-state index in [1.54, 1.807) is 24.3 Å². The van der Waals surface area contributed by atoms with Crippen molar-refractivity contribution in [1.82, 2.24) is 0 Å². The molecule has 0 saturated heterocycles. The van der Waals surface area contributed by atoms with E-state index in [4.69, 9.17) is 5.11 Å².